The summed E-state index contributed by atoms with van der Waals surface area (Å²) in [6, 6.07) is 10.3. The van der Waals surface area contributed by atoms with E-state index >= 15 is 0 Å². The fourth-order valence-corrected chi connectivity index (χ4v) is 3.05. The number of benzene rings is 2. The second-order valence-electron chi connectivity index (χ2n) is 6.34. The molecule has 146 valence electrons. The Morgan fingerprint density at radius 2 is 1.43 bits per heavy atom. The highest BCUT2D eigenvalue weighted by Crippen LogP contribution is 2.34. The van der Waals surface area contributed by atoms with E-state index in [9.17, 15) is 9.59 Å². The van der Waals surface area contributed by atoms with E-state index in [4.69, 9.17) is 18.9 Å². The first kappa shape index (κ1) is 18.0. The summed E-state index contributed by atoms with van der Waals surface area (Å²) in [5, 5.41) is 2.79. The molecule has 2 heterocycles. The zero-order chi connectivity index (χ0) is 19.5. The number of hydrogen-bond acceptors (Lipinski definition) is 6. The normalized spacial score (nSPS) is 14.2. The van der Waals surface area contributed by atoms with Gasteiger partial charge in [0.05, 0.1) is 0 Å². The van der Waals surface area contributed by atoms with Crippen molar-refractivity contribution in [3.05, 3.63) is 36.4 Å². The molecule has 8 heteroatoms. The highest BCUT2D eigenvalue weighted by molar-refractivity contribution is 6.02. The van der Waals surface area contributed by atoms with E-state index in [2.05, 4.69) is 5.32 Å². The molecule has 0 spiro atoms. The molecule has 1 N–H and O–H groups in total. The third-order valence-corrected chi connectivity index (χ3v) is 4.35. The van der Waals surface area contributed by atoms with Crippen molar-refractivity contribution < 1.29 is 28.5 Å². The summed E-state index contributed by atoms with van der Waals surface area (Å²) in [5.74, 6) is 1.82. The van der Waals surface area contributed by atoms with Crippen molar-refractivity contribution in [3.8, 4) is 23.0 Å². The summed E-state index contributed by atoms with van der Waals surface area (Å²) in [4.78, 5) is 26.0. The van der Waals surface area contributed by atoms with Gasteiger partial charge in [-0.3, -0.25) is 9.59 Å². The zero-order valence-electron chi connectivity index (χ0n) is 15.4. The van der Waals surface area contributed by atoms with Crippen molar-refractivity contribution in [2.24, 2.45) is 0 Å². The number of carbonyl (C=O) groups excluding carboxylic acids is 2. The van der Waals surface area contributed by atoms with Gasteiger partial charge < -0.3 is 29.2 Å². The van der Waals surface area contributed by atoms with Crippen LogP contribution in [0.15, 0.2) is 36.4 Å². The highest BCUT2D eigenvalue weighted by atomic mass is 16.6. The molecule has 0 radical (unpaired) electrons. The number of nitrogens with zero attached hydrogens (tertiary/aromatic N) is 1. The summed E-state index contributed by atoms with van der Waals surface area (Å²) in [6.45, 7) is 3.17. The number of carbonyl (C=O) groups is 2. The summed E-state index contributed by atoms with van der Waals surface area (Å²) in [6.07, 6.45) is 0. The lowest BCUT2D eigenvalue weighted by molar-refractivity contribution is -0.120. The smallest absolute Gasteiger partial charge is 0.244 e. The Morgan fingerprint density at radius 1 is 0.857 bits per heavy atom. The van der Waals surface area contributed by atoms with Crippen molar-refractivity contribution in [2.75, 3.05) is 43.2 Å². The average molecular weight is 384 g/mol. The van der Waals surface area contributed by atoms with Gasteiger partial charge in [-0.15, -0.1) is 0 Å². The third kappa shape index (κ3) is 3.80. The van der Waals surface area contributed by atoms with Crippen molar-refractivity contribution in [1.82, 2.24) is 0 Å². The molecule has 28 heavy (non-hydrogen) atoms. The van der Waals surface area contributed by atoms with Crippen LogP contribution in [0.4, 0.5) is 11.4 Å². The molecule has 0 unspecified atom stereocenters. The maximum Gasteiger partial charge on any atom is 0.244 e. The van der Waals surface area contributed by atoms with Crippen molar-refractivity contribution in [2.45, 2.75) is 6.92 Å². The Bertz CT molecular complexity index is 914. The van der Waals surface area contributed by atoms with Crippen molar-refractivity contribution in [3.63, 3.8) is 0 Å². The predicted molar refractivity (Wildman–Crippen MR) is 102 cm³/mol. The van der Waals surface area contributed by atoms with Crippen LogP contribution in [0, 0.1) is 0 Å². The number of rotatable bonds is 4. The van der Waals surface area contributed by atoms with Crippen molar-refractivity contribution in [1.29, 1.82) is 0 Å². The van der Waals surface area contributed by atoms with Gasteiger partial charge in [0, 0.05) is 30.4 Å². The minimum absolute atomic E-state index is 0.135. The second-order valence-corrected chi connectivity index (χ2v) is 6.34. The number of amides is 2. The number of fused-ring (bicyclic) bond motifs is 2. The molecule has 0 bridgehead atoms. The Morgan fingerprint density at radius 3 is 2.07 bits per heavy atom. The lowest BCUT2D eigenvalue weighted by Crippen LogP contribution is -2.36. The predicted octanol–water partition coefficient (Wildman–Crippen LogP) is 2.22. The number of hydrogen-bond donors (Lipinski definition) is 1. The first-order chi connectivity index (χ1) is 13.6. The van der Waals surface area contributed by atoms with Gasteiger partial charge in [0.15, 0.2) is 23.0 Å². The van der Waals surface area contributed by atoms with E-state index < -0.39 is 0 Å². The molecule has 4 rings (SSSR count). The third-order valence-electron chi connectivity index (χ3n) is 4.35. The highest BCUT2D eigenvalue weighted by Gasteiger charge is 2.20. The molecule has 2 aliphatic heterocycles. The SMILES string of the molecule is CC(=O)N(CC(=O)Nc1ccc2c(c1)OCCO2)c1ccc2c(c1)OCCO2. The van der Waals surface area contributed by atoms with Crippen LogP contribution in [0.1, 0.15) is 6.92 Å². The molecule has 2 amide bonds. The van der Waals surface area contributed by atoms with Crippen LogP contribution >= 0.6 is 0 Å². The second kappa shape index (κ2) is 7.67. The maximum atomic E-state index is 12.5. The lowest BCUT2D eigenvalue weighted by Gasteiger charge is -2.24. The van der Waals surface area contributed by atoms with E-state index in [0.717, 1.165) is 0 Å². The van der Waals surface area contributed by atoms with Gasteiger partial charge in [-0.1, -0.05) is 0 Å². The van der Waals surface area contributed by atoms with Crippen LogP contribution in [0.25, 0.3) is 0 Å². The number of ether oxygens (including phenoxy) is 4. The van der Waals surface area contributed by atoms with Gasteiger partial charge in [-0.25, -0.2) is 0 Å². The molecular formula is C20H20N2O6. The topological polar surface area (TPSA) is 86.3 Å². The quantitative estimate of drug-likeness (QED) is 0.870. The summed E-state index contributed by atoms with van der Waals surface area (Å²) >= 11 is 0. The fraction of sp³-hybridized carbons (Fsp3) is 0.300. The first-order valence-electron chi connectivity index (χ1n) is 8.97. The standard InChI is InChI=1S/C20H20N2O6/c1-13(23)22(15-3-5-17-19(11-15)28-9-7-26-17)12-20(24)21-14-2-4-16-18(10-14)27-8-6-25-16/h2-5,10-11H,6-9,12H2,1H3,(H,21,24). The molecule has 0 saturated carbocycles. The van der Waals surface area contributed by atoms with Crippen LogP contribution in [0.5, 0.6) is 23.0 Å². The Balaban J connectivity index is 1.47. The molecular weight excluding hydrogens is 364 g/mol. The van der Waals surface area contributed by atoms with E-state index in [1.54, 1.807) is 36.4 Å². The Kier molecular flexibility index (Phi) is 4.92. The van der Waals surface area contributed by atoms with Crippen LogP contribution in [-0.4, -0.2) is 44.8 Å². The van der Waals surface area contributed by atoms with Crippen LogP contribution in [-0.2, 0) is 9.59 Å². The molecule has 8 nitrogen and oxygen atoms in total. The molecule has 2 aromatic carbocycles. The molecule has 2 aliphatic rings. The summed E-state index contributed by atoms with van der Waals surface area (Å²) in [5.41, 5.74) is 1.13. The molecule has 0 atom stereocenters. The van der Waals surface area contributed by atoms with Gasteiger partial charge in [-0.2, -0.15) is 0 Å². The van der Waals surface area contributed by atoms with E-state index in [0.29, 0.717) is 60.8 Å². The van der Waals surface area contributed by atoms with Crippen LogP contribution < -0.4 is 29.2 Å². The summed E-state index contributed by atoms with van der Waals surface area (Å²) in [7, 11) is 0. The molecule has 0 aliphatic carbocycles. The van der Waals surface area contributed by atoms with Crippen LogP contribution in [0.3, 0.4) is 0 Å². The van der Waals surface area contributed by atoms with Gasteiger partial charge in [0.25, 0.3) is 0 Å². The lowest BCUT2D eigenvalue weighted by atomic mass is 10.2. The van der Waals surface area contributed by atoms with Gasteiger partial charge in [0.2, 0.25) is 11.8 Å². The fourth-order valence-electron chi connectivity index (χ4n) is 3.05. The summed E-state index contributed by atoms with van der Waals surface area (Å²) < 4.78 is 22.0. The molecule has 0 fully saturated rings. The first-order valence-corrected chi connectivity index (χ1v) is 8.97. The minimum Gasteiger partial charge on any atom is -0.486 e. The van der Waals surface area contributed by atoms with Gasteiger partial charge in [0.1, 0.15) is 33.0 Å². The maximum absolute atomic E-state index is 12.5. The molecule has 0 aromatic heterocycles. The monoisotopic (exact) mass is 384 g/mol. The van der Waals surface area contributed by atoms with Gasteiger partial charge >= 0.3 is 0 Å². The van der Waals surface area contributed by atoms with Crippen LogP contribution in [0.2, 0.25) is 0 Å². The number of anilines is 2. The molecule has 2 aromatic rings. The zero-order valence-corrected chi connectivity index (χ0v) is 15.4. The Labute approximate surface area is 161 Å². The van der Waals surface area contributed by atoms with Gasteiger partial charge in [-0.05, 0) is 24.3 Å². The Hall–Kier alpha value is -3.42. The minimum atomic E-state index is -0.332. The number of nitrogens with one attached hydrogen (secondary N) is 1. The van der Waals surface area contributed by atoms with E-state index in [1.807, 2.05) is 0 Å². The molecule has 0 saturated heterocycles. The van der Waals surface area contributed by atoms with Crippen molar-refractivity contribution >= 4 is 23.2 Å². The van der Waals surface area contributed by atoms with E-state index in [1.165, 1.54) is 11.8 Å². The average Bonchev–Trinajstić information content (AvgIpc) is 2.71. The van der Waals surface area contributed by atoms with E-state index in [-0.39, 0.29) is 18.4 Å². The largest absolute Gasteiger partial charge is 0.486 e.